The summed E-state index contributed by atoms with van der Waals surface area (Å²) in [6.07, 6.45) is 1.02. The molecule has 0 aliphatic heterocycles. The van der Waals surface area contributed by atoms with Gasteiger partial charge >= 0.3 is 6.09 Å². The zero-order chi connectivity index (χ0) is 11.7. The first-order valence-electron chi connectivity index (χ1n) is 5.36. The molecule has 0 aromatic rings. The average molecular weight is 216 g/mol. The van der Waals surface area contributed by atoms with Gasteiger partial charge in [-0.2, -0.15) is 0 Å². The SMILES string of the molecule is CCCN(CCC)C(=O)CCNC(=O)O. The van der Waals surface area contributed by atoms with E-state index in [9.17, 15) is 9.59 Å². The van der Waals surface area contributed by atoms with E-state index in [0.717, 1.165) is 25.9 Å². The van der Waals surface area contributed by atoms with E-state index < -0.39 is 6.09 Å². The van der Waals surface area contributed by atoms with E-state index in [4.69, 9.17) is 5.11 Å². The van der Waals surface area contributed by atoms with Crippen LogP contribution in [0.15, 0.2) is 0 Å². The maximum atomic E-state index is 11.6. The molecule has 2 N–H and O–H groups in total. The van der Waals surface area contributed by atoms with E-state index in [2.05, 4.69) is 5.32 Å². The van der Waals surface area contributed by atoms with Crippen LogP contribution in [0.2, 0.25) is 0 Å². The van der Waals surface area contributed by atoms with E-state index in [1.165, 1.54) is 0 Å². The summed E-state index contributed by atoms with van der Waals surface area (Å²) in [4.78, 5) is 23.5. The van der Waals surface area contributed by atoms with Gasteiger partial charge in [-0.3, -0.25) is 4.79 Å². The minimum Gasteiger partial charge on any atom is -0.465 e. The molecule has 0 saturated carbocycles. The lowest BCUT2D eigenvalue weighted by molar-refractivity contribution is -0.131. The third kappa shape index (κ3) is 6.76. The number of carbonyl (C=O) groups is 2. The molecule has 0 bridgehead atoms. The molecule has 88 valence electrons. The second kappa shape index (κ2) is 8.08. The Morgan fingerprint density at radius 3 is 2.13 bits per heavy atom. The molecule has 5 nitrogen and oxygen atoms in total. The molecule has 5 heteroatoms. The van der Waals surface area contributed by atoms with Crippen molar-refractivity contribution in [2.24, 2.45) is 0 Å². The highest BCUT2D eigenvalue weighted by molar-refractivity contribution is 5.77. The summed E-state index contributed by atoms with van der Waals surface area (Å²) in [5.41, 5.74) is 0. The number of carbonyl (C=O) groups excluding carboxylic acids is 1. The quantitative estimate of drug-likeness (QED) is 0.673. The number of nitrogens with zero attached hydrogens (tertiary/aromatic N) is 1. The van der Waals surface area contributed by atoms with E-state index in [0.29, 0.717) is 0 Å². The summed E-state index contributed by atoms with van der Waals surface area (Å²) in [5.74, 6) is 0.0208. The molecule has 0 unspecified atom stereocenters. The molecule has 2 amide bonds. The number of nitrogens with one attached hydrogen (secondary N) is 1. The second-order valence-electron chi connectivity index (χ2n) is 3.36. The van der Waals surface area contributed by atoms with Gasteiger partial charge in [0.05, 0.1) is 0 Å². The summed E-state index contributed by atoms with van der Waals surface area (Å²) in [6, 6.07) is 0. The fourth-order valence-electron chi connectivity index (χ4n) is 1.34. The molecule has 0 rings (SSSR count). The van der Waals surface area contributed by atoms with Crippen molar-refractivity contribution >= 4 is 12.0 Å². The molecule has 0 heterocycles. The first kappa shape index (κ1) is 13.7. The summed E-state index contributed by atoms with van der Waals surface area (Å²) in [7, 11) is 0. The van der Waals surface area contributed by atoms with Crippen molar-refractivity contribution in [3.8, 4) is 0 Å². The molecule has 0 aliphatic rings. The van der Waals surface area contributed by atoms with E-state index in [-0.39, 0.29) is 18.9 Å². The van der Waals surface area contributed by atoms with Gasteiger partial charge in [0.1, 0.15) is 0 Å². The third-order valence-corrected chi connectivity index (χ3v) is 1.95. The Balaban J connectivity index is 3.85. The van der Waals surface area contributed by atoms with E-state index in [1.807, 2.05) is 13.8 Å². The standard InChI is InChI=1S/C10H20N2O3/c1-3-7-12(8-4-2)9(13)5-6-11-10(14)15/h11H,3-8H2,1-2H3,(H,14,15). The first-order chi connectivity index (χ1) is 7.11. The third-order valence-electron chi connectivity index (χ3n) is 1.95. The van der Waals surface area contributed by atoms with Crippen LogP contribution in [0.25, 0.3) is 0 Å². The number of hydrogen-bond acceptors (Lipinski definition) is 2. The molecular formula is C10H20N2O3. The molecule has 0 spiro atoms. The zero-order valence-electron chi connectivity index (χ0n) is 9.45. The second-order valence-corrected chi connectivity index (χ2v) is 3.36. The molecule has 0 aromatic carbocycles. The number of amides is 2. The molecule has 0 aliphatic carbocycles. The Kier molecular flexibility index (Phi) is 7.40. The topological polar surface area (TPSA) is 69.6 Å². The lowest BCUT2D eigenvalue weighted by Gasteiger charge is -2.21. The number of hydrogen-bond donors (Lipinski definition) is 2. The van der Waals surface area contributed by atoms with Gasteiger partial charge in [0.2, 0.25) is 5.91 Å². The van der Waals surface area contributed by atoms with Crippen molar-refractivity contribution in [1.29, 1.82) is 0 Å². The summed E-state index contributed by atoms with van der Waals surface area (Å²) >= 11 is 0. The van der Waals surface area contributed by atoms with Crippen LogP contribution in [-0.4, -0.2) is 41.6 Å². The van der Waals surface area contributed by atoms with Gasteiger partial charge in [-0.05, 0) is 12.8 Å². The highest BCUT2D eigenvalue weighted by Crippen LogP contribution is 1.97. The van der Waals surface area contributed by atoms with Crippen molar-refractivity contribution in [2.45, 2.75) is 33.1 Å². The van der Waals surface area contributed by atoms with Crippen LogP contribution in [0.3, 0.4) is 0 Å². The van der Waals surface area contributed by atoms with E-state index >= 15 is 0 Å². The Bertz CT molecular complexity index is 201. The minimum atomic E-state index is -1.08. The predicted octanol–water partition coefficient (Wildman–Crippen LogP) is 1.29. The van der Waals surface area contributed by atoms with Crippen molar-refractivity contribution in [1.82, 2.24) is 10.2 Å². The Morgan fingerprint density at radius 1 is 1.20 bits per heavy atom. The lowest BCUT2D eigenvalue weighted by atomic mass is 10.3. The van der Waals surface area contributed by atoms with Crippen molar-refractivity contribution in [3.05, 3.63) is 0 Å². The summed E-state index contributed by atoms with van der Waals surface area (Å²) in [6.45, 7) is 5.73. The van der Waals surface area contributed by atoms with Crippen LogP contribution >= 0.6 is 0 Å². The number of carboxylic acid groups (broad SMARTS) is 1. The van der Waals surface area contributed by atoms with Crippen LogP contribution in [0, 0.1) is 0 Å². The molecule has 0 fully saturated rings. The van der Waals surface area contributed by atoms with Crippen molar-refractivity contribution in [2.75, 3.05) is 19.6 Å². The molecule has 0 atom stereocenters. The smallest absolute Gasteiger partial charge is 0.404 e. The zero-order valence-corrected chi connectivity index (χ0v) is 9.45. The molecule has 0 aromatic heterocycles. The molecule has 15 heavy (non-hydrogen) atoms. The van der Waals surface area contributed by atoms with Crippen LogP contribution < -0.4 is 5.32 Å². The highest BCUT2D eigenvalue weighted by atomic mass is 16.4. The Labute approximate surface area is 90.5 Å². The van der Waals surface area contributed by atoms with Gasteiger partial charge in [0, 0.05) is 26.1 Å². The average Bonchev–Trinajstić information content (AvgIpc) is 2.16. The summed E-state index contributed by atoms with van der Waals surface area (Å²) in [5, 5.41) is 10.5. The van der Waals surface area contributed by atoms with Crippen molar-refractivity contribution < 1.29 is 14.7 Å². The van der Waals surface area contributed by atoms with E-state index in [1.54, 1.807) is 4.90 Å². The van der Waals surface area contributed by atoms with Crippen LogP contribution in [0.5, 0.6) is 0 Å². The van der Waals surface area contributed by atoms with Crippen LogP contribution in [0.4, 0.5) is 4.79 Å². The van der Waals surface area contributed by atoms with Gasteiger partial charge in [-0.1, -0.05) is 13.8 Å². The largest absolute Gasteiger partial charge is 0.465 e. The summed E-state index contributed by atoms with van der Waals surface area (Å²) < 4.78 is 0. The van der Waals surface area contributed by atoms with Gasteiger partial charge in [-0.15, -0.1) is 0 Å². The molecule has 0 saturated heterocycles. The maximum absolute atomic E-state index is 11.6. The fraction of sp³-hybridized carbons (Fsp3) is 0.800. The maximum Gasteiger partial charge on any atom is 0.404 e. The minimum absolute atomic E-state index is 0.0208. The lowest BCUT2D eigenvalue weighted by Crippen LogP contribution is -2.35. The van der Waals surface area contributed by atoms with Gasteiger partial charge in [0.15, 0.2) is 0 Å². The van der Waals surface area contributed by atoms with Crippen LogP contribution in [-0.2, 0) is 4.79 Å². The van der Waals surface area contributed by atoms with Crippen LogP contribution in [0.1, 0.15) is 33.1 Å². The highest BCUT2D eigenvalue weighted by Gasteiger charge is 2.11. The van der Waals surface area contributed by atoms with Gasteiger partial charge in [0.25, 0.3) is 0 Å². The first-order valence-corrected chi connectivity index (χ1v) is 5.36. The fourth-order valence-corrected chi connectivity index (χ4v) is 1.34. The monoisotopic (exact) mass is 216 g/mol. The van der Waals surface area contributed by atoms with Gasteiger partial charge in [-0.25, -0.2) is 4.79 Å². The Hall–Kier alpha value is -1.26. The molecule has 0 radical (unpaired) electrons. The van der Waals surface area contributed by atoms with Gasteiger partial charge < -0.3 is 15.3 Å². The molecular weight excluding hydrogens is 196 g/mol. The Morgan fingerprint density at radius 2 is 1.73 bits per heavy atom. The predicted molar refractivity (Wildman–Crippen MR) is 57.8 cm³/mol. The van der Waals surface area contributed by atoms with Crippen molar-refractivity contribution in [3.63, 3.8) is 0 Å². The number of rotatable bonds is 7. The normalized spacial score (nSPS) is 9.73.